The maximum absolute atomic E-state index is 7.28. The smallest absolute Gasteiger partial charge is 0.180 e. The summed E-state index contributed by atoms with van der Waals surface area (Å²) in [6.45, 7) is 0. The summed E-state index contributed by atoms with van der Waals surface area (Å²) in [5, 5.41) is 7.28. The van der Waals surface area contributed by atoms with Gasteiger partial charge in [0.2, 0.25) is 0 Å². The number of hydrogen-bond donors (Lipinski definition) is 1. The molecule has 0 saturated carbocycles. The molecule has 0 spiro atoms. The number of aromatic nitrogens is 1. The highest BCUT2D eigenvalue weighted by Gasteiger charge is 1.97. The Balaban J connectivity index is 2.05. The van der Waals surface area contributed by atoms with E-state index in [0.29, 0.717) is 12.3 Å². The highest BCUT2D eigenvalue weighted by atomic mass is 33.5. The van der Waals surface area contributed by atoms with Gasteiger partial charge < -0.3 is 4.74 Å². The topological polar surface area (TPSA) is 46.0 Å². The van der Waals surface area contributed by atoms with Crippen molar-refractivity contribution in [2.24, 2.45) is 0 Å². The minimum Gasteiger partial charge on any atom is -0.484 e. The summed E-state index contributed by atoms with van der Waals surface area (Å²) in [5.74, 6) is 1.24. The summed E-state index contributed by atoms with van der Waals surface area (Å²) >= 11 is 0. The van der Waals surface area contributed by atoms with Gasteiger partial charge in [0, 0.05) is 29.5 Å². The lowest BCUT2D eigenvalue weighted by molar-refractivity contribution is 0.389. The van der Waals surface area contributed by atoms with Gasteiger partial charge in [-0.05, 0) is 32.8 Å². The van der Waals surface area contributed by atoms with Crippen LogP contribution in [0.1, 0.15) is 6.42 Å². The largest absolute Gasteiger partial charge is 0.484 e. The van der Waals surface area contributed by atoms with Crippen molar-refractivity contribution in [1.29, 1.82) is 5.41 Å². The Kier molecular flexibility index (Phi) is 6.71. The molecule has 6 heteroatoms. The maximum atomic E-state index is 7.28. The Morgan fingerprint density at radius 1 is 1.47 bits per heavy atom. The second-order valence-corrected chi connectivity index (χ2v) is 6.79. The third-order valence-electron chi connectivity index (χ3n) is 1.49. The van der Waals surface area contributed by atoms with Crippen molar-refractivity contribution < 1.29 is 4.74 Å². The average molecular weight is 260 g/mol. The van der Waals surface area contributed by atoms with E-state index < -0.39 is 0 Å². The van der Waals surface area contributed by atoms with E-state index in [9.17, 15) is 0 Å². The molecule has 0 bridgehead atoms. The van der Waals surface area contributed by atoms with Crippen molar-refractivity contribution in [2.75, 3.05) is 12.9 Å². The number of rotatable bonds is 6. The third kappa shape index (κ3) is 5.96. The molecular formula is C9H12N2OS3. The predicted molar refractivity (Wildman–Crippen MR) is 69.5 cm³/mol. The molecule has 1 rings (SSSR count). The predicted octanol–water partition coefficient (Wildman–Crippen LogP) is 3.48. The zero-order valence-corrected chi connectivity index (χ0v) is 10.8. The first-order chi connectivity index (χ1) is 7.33. The van der Waals surface area contributed by atoms with Gasteiger partial charge in [0.15, 0.2) is 5.90 Å². The Hall–Kier alpha value is -0.330. The second kappa shape index (κ2) is 7.90. The second-order valence-electron chi connectivity index (χ2n) is 2.53. The SMILES string of the molecule is COC(=N)CCSSSc1ccncc1. The van der Waals surface area contributed by atoms with Gasteiger partial charge in [-0.2, -0.15) is 0 Å². The molecule has 1 N–H and O–H groups in total. The van der Waals surface area contributed by atoms with Crippen LogP contribution < -0.4 is 0 Å². The lowest BCUT2D eigenvalue weighted by atomic mass is 10.5. The maximum Gasteiger partial charge on any atom is 0.180 e. The van der Waals surface area contributed by atoms with E-state index in [1.807, 2.05) is 12.1 Å². The first-order valence-corrected chi connectivity index (χ1v) is 7.95. The fourth-order valence-electron chi connectivity index (χ4n) is 0.728. The number of ether oxygens (including phenoxy) is 1. The molecule has 0 atom stereocenters. The molecule has 0 aromatic carbocycles. The van der Waals surface area contributed by atoms with E-state index in [-0.39, 0.29) is 0 Å². The Bertz CT molecular complexity index is 295. The molecule has 15 heavy (non-hydrogen) atoms. The molecule has 82 valence electrons. The monoisotopic (exact) mass is 260 g/mol. The normalized spacial score (nSPS) is 9.93. The summed E-state index contributed by atoms with van der Waals surface area (Å²) in [4.78, 5) is 5.15. The average Bonchev–Trinajstić information content (AvgIpc) is 2.29. The summed E-state index contributed by atoms with van der Waals surface area (Å²) in [5.41, 5.74) is 0. The first kappa shape index (κ1) is 12.7. The lowest BCUT2D eigenvalue weighted by Crippen LogP contribution is -1.98. The Morgan fingerprint density at radius 3 is 2.87 bits per heavy atom. The quantitative estimate of drug-likeness (QED) is 0.367. The standard InChI is InChI=1S/C9H12N2OS3/c1-12-9(10)4-7-13-15-14-8-2-5-11-6-3-8/h2-3,5-6,10H,4,7H2,1H3. The highest BCUT2D eigenvalue weighted by Crippen LogP contribution is 2.39. The van der Waals surface area contributed by atoms with Crippen LogP contribution in [0.25, 0.3) is 0 Å². The van der Waals surface area contributed by atoms with Gasteiger partial charge in [0.1, 0.15) is 0 Å². The highest BCUT2D eigenvalue weighted by molar-refractivity contribution is 9.09. The molecule has 0 aliphatic rings. The molecule has 1 aromatic rings. The molecule has 1 aromatic heterocycles. The zero-order valence-electron chi connectivity index (χ0n) is 8.30. The zero-order chi connectivity index (χ0) is 10.9. The molecule has 3 nitrogen and oxygen atoms in total. The lowest BCUT2D eigenvalue weighted by Gasteiger charge is -2.01. The van der Waals surface area contributed by atoms with Crippen LogP contribution in [0.15, 0.2) is 29.4 Å². The third-order valence-corrected chi connectivity index (χ3v) is 5.54. The van der Waals surface area contributed by atoms with E-state index in [1.165, 1.54) is 12.0 Å². The van der Waals surface area contributed by atoms with E-state index in [0.717, 1.165) is 5.75 Å². The van der Waals surface area contributed by atoms with E-state index in [2.05, 4.69) is 4.98 Å². The number of pyridine rings is 1. The van der Waals surface area contributed by atoms with Gasteiger partial charge in [-0.3, -0.25) is 10.4 Å². The fraction of sp³-hybridized carbons (Fsp3) is 0.333. The summed E-state index contributed by atoms with van der Waals surface area (Å²) in [6, 6.07) is 3.96. The van der Waals surface area contributed by atoms with Crippen LogP contribution in [0.5, 0.6) is 0 Å². The van der Waals surface area contributed by atoms with Crippen LogP contribution >= 0.6 is 31.4 Å². The van der Waals surface area contributed by atoms with Gasteiger partial charge in [-0.25, -0.2) is 0 Å². The molecule has 0 aliphatic carbocycles. The first-order valence-electron chi connectivity index (χ1n) is 4.30. The molecule has 0 radical (unpaired) electrons. The Morgan fingerprint density at radius 2 is 2.20 bits per heavy atom. The number of hydrogen-bond acceptors (Lipinski definition) is 6. The van der Waals surface area contributed by atoms with Gasteiger partial charge in [0.05, 0.1) is 7.11 Å². The molecule has 0 aliphatic heterocycles. The van der Waals surface area contributed by atoms with Crippen LogP contribution in [0, 0.1) is 5.41 Å². The van der Waals surface area contributed by atoms with E-state index in [4.69, 9.17) is 10.1 Å². The van der Waals surface area contributed by atoms with Gasteiger partial charge in [0.25, 0.3) is 0 Å². The van der Waals surface area contributed by atoms with Crippen LogP contribution in [0.4, 0.5) is 0 Å². The van der Waals surface area contributed by atoms with Crippen molar-refractivity contribution in [3.05, 3.63) is 24.5 Å². The van der Waals surface area contributed by atoms with E-state index in [1.54, 1.807) is 43.8 Å². The van der Waals surface area contributed by atoms with Crippen molar-refractivity contribution in [1.82, 2.24) is 4.98 Å². The van der Waals surface area contributed by atoms with Crippen molar-refractivity contribution in [2.45, 2.75) is 11.3 Å². The van der Waals surface area contributed by atoms with Crippen LogP contribution in [0.2, 0.25) is 0 Å². The van der Waals surface area contributed by atoms with E-state index >= 15 is 0 Å². The molecule has 0 amide bonds. The number of nitrogens with one attached hydrogen (secondary N) is 1. The summed E-state index contributed by atoms with van der Waals surface area (Å²) in [7, 11) is 6.68. The van der Waals surface area contributed by atoms with Crippen molar-refractivity contribution >= 4 is 37.3 Å². The van der Waals surface area contributed by atoms with Crippen LogP contribution in [-0.4, -0.2) is 23.7 Å². The van der Waals surface area contributed by atoms with Crippen LogP contribution in [0.3, 0.4) is 0 Å². The number of methoxy groups -OCH3 is 1. The summed E-state index contributed by atoms with van der Waals surface area (Å²) in [6.07, 6.45) is 4.26. The molecule has 0 fully saturated rings. The van der Waals surface area contributed by atoms with Gasteiger partial charge in [-0.1, -0.05) is 10.8 Å². The van der Waals surface area contributed by atoms with Crippen molar-refractivity contribution in [3.63, 3.8) is 0 Å². The van der Waals surface area contributed by atoms with Crippen LogP contribution in [-0.2, 0) is 4.74 Å². The number of nitrogens with zero attached hydrogens (tertiary/aromatic N) is 1. The molecule has 1 heterocycles. The summed E-state index contributed by atoms with van der Waals surface area (Å²) < 4.78 is 4.76. The minimum absolute atomic E-state index is 0.344. The molecular weight excluding hydrogens is 248 g/mol. The fourth-order valence-corrected chi connectivity index (χ4v) is 4.34. The molecule has 0 unspecified atom stereocenters. The molecule has 0 saturated heterocycles. The van der Waals surface area contributed by atoms with Crippen molar-refractivity contribution in [3.8, 4) is 0 Å². The minimum atomic E-state index is 0.344. The van der Waals surface area contributed by atoms with Gasteiger partial charge >= 0.3 is 0 Å². The Labute approximate surface area is 101 Å². The van der Waals surface area contributed by atoms with Gasteiger partial charge in [-0.15, -0.1) is 0 Å².